The standard InChI is InChI=1S/C30H36N2O2/c1-5-28(30(34)31-22(2)3)32(21-24-14-12-13-23(4)19-24)29(33)20-27(25-15-8-6-9-16-25)26-17-10-7-11-18-26/h6-19,22,27-28H,5,20-21H2,1-4H3,(H,31,34)/t28-/m1/s1. The van der Waals surface area contributed by atoms with Gasteiger partial charge in [0, 0.05) is 24.9 Å². The first-order valence-electron chi connectivity index (χ1n) is 12.1. The van der Waals surface area contributed by atoms with Crippen LogP contribution in [0.2, 0.25) is 0 Å². The van der Waals surface area contributed by atoms with Crippen LogP contribution in [-0.4, -0.2) is 28.8 Å². The number of rotatable bonds is 10. The second-order valence-electron chi connectivity index (χ2n) is 9.18. The minimum absolute atomic E-state index is 0.0128. The summed E-state index contributed by atoms with van der Waals surface area (Å²) in [6, 6.07) is 27.9. The van der Waals surface area contributed by atoms with E-state index >= 15 is 0 Å². The van der Waals surface area contributed by atoms with Gasteiger partial charge in [-0.1, -0.05) is 97.4 Å². The molecule has 0 aromatic heterocycles. The number of hydrogen-bond donors (Lipinski definition) is 1. The van der Waals surface area contributed by atoms with Gasteiger partial charge >= 0.3 is 0 Å². The van der Waals surface area contributed by atoms with Crippen molar-refractivity contribution in [2.24, 2.45) is 0 Å². The van der Waals surface area contributed by atoms with Crippen LogP contribution in [-0.2, 0) is 16.1 Å². The van der Waals surface area contributed by atoms with Gasteiger partial charge in [-0.05, 0) is 43.9 Å². The van der Waals surface area contributed by atoms with Crippen molar-refractivity contribution in [2.45, 2.75) is 65.1 Å². The van der Waals surface area contributed by atoms with Crippen LogP contribution < -0.4 is 5.32 Å². The maximum Gasteiger partial charge on any atom is 0.243 e. The zero-order valence-electron chi connectivity index (χ0n) is 20.7. The van der Waals surface area contributed by atoms with E-state index in [2.05, 4.69) is 35.6 Å². The van der Waals surface area contributed by atoms with Gasteiger partial charge in [-0.25, -0.2) is 0 Å². The maximum absolute atomic E-state index is 13.9. The van der Waals surface area contributed by atoms with E-state index in [1.807, 2.05) is 82.3 Å². The smallest absolute Gasteiger partial charge is 0.243 e. The summed E-state index contributed by atoms with van der Waals surface area (Å²) in [5.74, 6) is -0.208. The molecule has 34 heavy (non-hydrogen) atoms. The molecule has 0 saturated carbocycles. The summed E-state index contributed by atoms with van der Waals surface area (Å²) in [5, 5.41) is 3.01. The monoisotopic (exact) mass is 456 g/mol. The molecule has 3 rings (SSSR count). The Morgan fingerprint density at radius 2 is 1.44 bits per heavy atom. The fourth-order valence-electron chi connectivity index (χ4n) is 4.40. The molecule has 1 atom stereocenters. The molecule has 0 radical (unpaired) electrons. The van der Waals surface area contributed by atoms with Gasteiger partial charge in [-0.3, -0.25) is 9.59 Å². The molecular formula is C30H36N2O2. The van der Waals surface area contributed by atoms with Gasteiger partial charge in [-0.15, -0.1) is 0 Å². The lowest BCUT2D eigenvalue weighted by atomic mass is 9.88. The molecule has 2 amide bonds. The molecule has 0 heterocycles. The Balaban J connectivity index is 1.95. The Kier molecular flexibility index (Phi) is 9.03. The largest absolute Gasteiger partial charge is 0.352 e. The minimum Gasteiger partial charge on any atom is -0.352 e. The highest BCUT2D eigenvalue weighted by Crippen LogP contribution is 2.29. The Morgan fingerprint density at radius 3 is 1.94 bits per heavy atom. The van der Waals surface area contributed by atoms with Crippen LogP contribution in [0.3, 0.4) is 0 Å². The first kappa shape index (κ1) is 25.2. The molecule has 178 valence electrons. The van der Waals surface area contributed by atoms with E-state index in [-0.39, 0.29) is 23.8 Å². The van der Waals surface area contributed by atoms with E-state index in [0.29, 0.717) is 19.4 Å². The van der Waals surface area contributed by atoms with Crippen molar-refractivity contribution >= 4 is 11.8 Å². The Hall–Kier alpha value is -3.40. The average molecular weight is 457 g/mol. The summed E-state index contributed by atoms with van der Waals surface area (Å²) in [7, 11) is 0. The van der Waals surface area contributed by atoms with Crippen LogP contribution in [0, 0.1) is 6.92 Å². The maximum atomic E-state index is 13.9. The summed E-state index contributed by atoms with van der Waals surface area (Å²) >= 11 is 0. The van der Waals surface area contributed by atoms with Crippen molar-refractivity contribution in [1.29, 1.82) is 0 Å². The molecule has 0 aliphatic heterocycles. The van der Waals surface area contributed by atoms with Crippen LogP contribution >= 0.6 is 0 Å². The molecule has 0 unspecified atom stereocenters. The Morgan fingerprint density at radius 1 is 0.853 bits per heavy atom. The topological polar surface area (TPSA) is 49.4 Å². The van der Waals surface area contributed by atoms with Gasteiger partial charge in [0.2, 0.25) is 11.8 Å². The molecule has 0 saturated heterocycles. The Bertz CT molecular complexity index is 1020. The van der Waals surface area contributed by atoms with Gasteiger partial charge in [0.1, 0.15) is 6.04 Å². The lowest BCUT2D eigenvalue weighted by molar-refractivity contribution is -0.141. The summed E-state index contributed by atoms with van der Waals surface area (Å²) in [5.41, 5.74) is 4.35. The highest BCUT2D eigenvalue weighted by molar-refractivity contribution is 5.88. The van der Waals surface area contributed by atoms with E-state index in [1.54, 1.807) is 4.90 Å². The van der Waals surface area contributed by atoms with Gasteiger partial charge in [0.15, 0.2) is 0 Å². The second kappa shape index (κ2) is 12.2. The highest BCUT2D eigenvalue weighted by atomic mass is 16.2. The predicted molar refractivity (Wildman–Crippen MR) is 138 cm³/mol. The van der Waals surface area contributed by atoms with Crippen LogP contribution in [0.25, 0.3) is 0 Å². The number of carbonyl (C=O) groups is 2. The van der Waals surface area contributed by atoms with Crippen LogP contribution in [0.1, 0.15) is 61.8 Å². The van der Waals surface area contributed by atoms with Crippen molar-refractivity contribution in [3.05, 3.63) is 107 Å². The first-order chi connectivity index (χ1) is 16.4. The third-order valence-corrected chi connectivity index (χ3v) is 6.03. The van der Waals surface area contributed by atoms with Crippen molar-refractivity contribution in [1.82, 2.24) is 10.2 Å². The minimum atomic E-state index is -0.525. The van der Waals surface area contributed by atoms with E-state index in [9.17, 15) is 9.59 Å². The quantitative estimate of drug-likeness (QED) is 0.416. The third-order valence-electron chi connectivity index (χ3n) is 6.03. The Labute approximate surface area is 204 Å². The van der Waals surface area contributed by atoms with Crippen molar-refractivity contribution in [3.63, 3.8) is 0 Å². The number of carbonyl (C=O) groups excluding carboxylic acids is 2. The van der Waals surface area contributed by atoms with Gasteiger partial charge in [0.05, 0.1) is 0 Å². The summed E-state index contributed by atoms with van der Waals surface area (Å²) < 4.78 is 0. The SMILES string of the molecule is CC[C@H](C(=O)NC(C)C)N(Cc1cccc(C)c1)C(=O)CC(c1ccccc1)c1ccccc1. The number of aryl methyl sites for hydroxylation is 1. The van der Waals surface area contributed by atoms with Crippen molar-refractivity contribution in [3.8, 4) is 0 Å². The fraction of sp³-hybridized carbons (Fsp3) is 0.333. The number of nitrogens with zero attached hydrogens (tertiary/aromatic N) is 1. The molecule has 4 heteroatoms. The molecule has 0 fully saturated rings. The molecule has 3 aromatic rings. The molecule has 0 spiro atoms. The van der Waals surface area contributed by atoms with E-state index < -0.39 is 6.04 Å². The van der Waals surface area contributed by atoms with E-state index in [0.717, 1.165) is 22.3 Å². The molecule has 0 aliphatic carbocycles. The van der Waals surface area contributed by atoms with Gasteiger partial charge in [-0.2, -0.15) is 0 Å². The van der Waals surface area contributed by atoms with Crippen LogP contribution in [0.5, 0.6) is 0 Å². The van der Waals surface area contributed by atoms with E-state index in [1.165, 1.54) is 0 Å². The molecule has 3 aromatic carbocycles. The molecular weight excluding hydrogens is 420 g/mol. The first-order valence-corrected chi connectivity index (χ1v) is 12.1. The zero-order valence-corrected chi connectivity index (χ0v) is 20.7. The molecule has 0 bridgehead atoms. The molecule has 4 nitrogen and oxygen atoms in total. The average Bonchev–Trinajstić information content (AvgIpc) is 2.83. The number of hydrogen-bond acceptors (Lipinski definition) is 2. The summed E-state index contributed by atoms with van der Waals surface area (Å²) in [6.45, 7) is 8.30. The van der Waals surface area contributed by atoms with Crippen LogP contribution in [0.15, 0.2) is 84.9 Å². The molecule has 1 N–H and O–H groups in total. The zero-order chi connectivity index (χ0) is 24.5. The van der Waals surface area contributed by atoms with Gasteiger partial charge < -0.3 is 10.2 Å². The van der Waals surface area contributed by atoms with Gasteiger partial charge in [0.25, 0.3) is 0 Å². The summed E-state index contributed by atoms with van der Waals surface area (Å²) in [4.78, 5) is 28.8. The highest BCUT2D eigenvalue weighted by Gasteiger charge is 2.31. The fourth-order valence-corrected chi connectivity index (χ4v) is 4.40. The number of amides is 2. The predicted octanol–water partition coefficient (Wildman–Crippen LogP) is 5.85. The number of nitrogens with one attached hydrogen (secondary N) is 1. The normalized spacial score (nSPS) is 11.9. The second-order valence-corrected chi connectivity index (χ2v) is 9.18. The van der Waals surface area contributed by atoms with Crippen molar-refractivity contribution in [2.75, 3.05) is 0 Å². The lowest BCUT2D eigenvalue weighted by Gasteiger charge is -2.32. The third kappa shape index (κ3) is 6.80. The lowest BCUT2D eigenvalue weighted by Crippen LogP contribution is -2.50. The number of benzene rings is 3. The van der Waals surface area contributed by atoms with Crippen LogP contribution in [0.4, 0.5) is 0 Å². The van der Waals surface area contributed by atoms with Crippen molar-refractivity contribution < 1.29 is 9.59 Å². The summed E-state index contributed by atoms with van der Waals surface area (Å²) in [6.07, 6.45) is 0.850. The van der Waals surface area contributed by atoms with E-state index in [4.69, 9.17) is 0 Å². The molecule has 0 aliphatic rings.